The van der Waals surface area contributed by atoms with Gasteiger partial charge < -0.3 is 16.0 Å². The molecule has 0 aromatic heterocycles. The summed E-state index contributed by atoms with van der Waals surface area (Å²) in [6.07, 6.45) is 1.06. The first-order valence-corrected chi connectivity index (χ1v) is 6.88. The average Bonchev–Trinajstić information content (AvgIpc) is 2.15. The molecule has 1 saturated heterocycles. The van der Waals surface area contributed by atoms with Gasteiger partial charge >= 0.3 is 0 Å². The molecular weight excluding hydrogens is 218 g/mol. The zero-order valence-electron chi connectivity index (χ0n) is 8.77. The molecule has 6 nitrogen and oxygen atoms in total. The number of sulfone groups is 1. The summed E-state index contributed by atoms with van der Waals surface area (Å²) in [5.41, 5.74) is 5.51. The minimum Gasteiger partial charge on any atom is -0.335 e. The lowest BCUT2D eigenvalue weighted by atomic mass is 10.2. The van der Waals surface area contributed by atoms with Crippen LogP contribution in [0.2, 0.25) is 0 Å². The number of nitrogens with zero attached hydrogens (tertiary/aromatic N) is 1. The van der Waals surface area contributed by atoms with Gasteiger partial charge in [-0.05, 0) is 0 Å². The van der Waals surface area contributed by atoms with E-state index in [1.165, 1.54) is 0 Å². The molecule has 3 N–H and O–H groups in total. The Morgan fingerprint density at radius 3 is 2.80 bits per heavy atom. The van der Waals surface area contributed by atoms with E-state index in [2.05, 4.69) is 5.32 Å². The molecular formula is C8H17N3O3S. The number of hydrogen-bond donors (Lipinski definition) is 2. The molecule has 0 spiro atoms. The molecule has 88 valence electrons. The molecule has 1 amide bonds. The summed E-state index contributed by atoms with van der Waals surface area (Å²) >= 11 is 0. The largest absolute Gasteiger partial charge is 0.335 e. The third-order valence-electron chi connectivity index (χ3n) is 2.33. The fraction of sp³-hybridized carbons (Fsp3) is 0.875. The number of carbonyl (C=O) groups excluding carboxylic acids is 1. The number of nitrogens with two attached hydrogens (primary N) is 1. The van der Waals surface area contributed by atoms with Crippen molar-refractivity contribution in [3.63, 3.8) is 0 Å². The summed E-state index contributed by atoms with van der Waals surface area (Å²) in [6.45, 7) is 2.19. The molecule has 0 aliphatic carbocycles. The Labute approximate surface area is 89.7 Å². The second-order valence-corrected chi connectivity index (χ2v) is 5.89. The van der Waals surface area contributed by atoms with Crippen molar-refractivity contribution in [2.24, 2.45) is 5.73 Å². The van der Waals surface area contributed by atoms with Crippen LogP contribution in [0.4, 0.5) is 0 Å². The van der Waals surface area contributed by atoms with Crippen molar-refractivity contribution in [2.75, 3.05) is 38.2 Å². The van der Waals surface area contributed by atoms with Crippen LogP contribution in [-0.2, 0) is 14.6 Å². The highest BCUT2D eigenvalue weighted by Crippen LogP contribution is 2.03. The van der Waals surface area contributed by atoms with Crippen LogP contribution >= 0.6 is 0 Å². The van der Waals surface area contributed by atoms with E-state index in [1.807, 2.05) is 0 Å². The molecule has 0 aromatic carbocycles. The molecule has 0 saturated carbocycles. The summed E-state index contributed by atoms with van der Waals surface area (Å²) < 4.78 is 22.0. The number of rotatable bonds is 3. The second kappa shape index (κ2) is 4.91. The monoisotopic (exact) mass is 235 g/mol. The van der Waals surface area contributed by atoms with E-state index in [1.54, 1.807) is 4.90 Å². The van der Waals surface area contributed by atoms with Crippen molar-refractivity contribution >= 4 is 15.7 Å². The first-order valence-electron chi connectivity index (χ1n) is 4.82. The van der Waals surface area contributed by atoms with Gasteiger partial charge in [-0.3, -0.25) is 4.79 Å². The minimum atomic E-state index is -3.26. The molecule has 15 heavy (non-hydrogen) atoms. The first-order chi connectivity index (χ1) is 6.94. The predicted octanol–water partition coefficient (Wildman–Crippen LogP) is -2.21. The highest BCUT2D eigenvalue weighted by atomic mass is 32.2. The Hall–Kier alpha value is -0.660. The maximum atomic E-state index is 11.6. The molecule has 1 fully saturated rings. The fourth-order valence-electron chi connectivity index (χ4n) is 1.61. The third-order valence-corrected chi connectivity index (χ3v) is 3.10. The van der Waals surface area contributed by atoms with Gasteiger partial charge in [0.05, 0.1) is 6.04 Å². The molecule has 0 bridgehead atoms. The van der Waals surface area contributed by atoms with Gasteiger partial charge in [0.2, 0.25) is 5.91 Å². The zero-order chi connectivity index (χ0) is 11.5. The van der Waals surface area contributed by atoms with Gasteiger partial charge in [0.15, 0.2) is 9.84 Å². The van der Waals surface area contributed by atoms with Crippen LogP contribution < -0.4 is 11.1 Å². The van der Waals surface area contributed by atoms with E-state index in [4.69, 9.17) is 5.73 Å². The van der Waals surface area contributed by atoms with Crippen molar-refractivity contribution in [1.82, 2.24) is 10.2 Å². The Bertz CT molecular complexity index is 328. The molecule has 1 heterocycles. The van der Waals surface area contributed by atoms with E-state index < -0.39 is 15.6 Å². The van der Waals surface area contributed by atoms with Crippen molar-refractivity contribution < 1.29 is 13.2 Å². The van der Waals surface area contributed by atoms with E-state index in [9.17, 15) is 13.2 Å². The van der Waals surface area contributed by atoms with E-state index in [-0.39, 0.29) is 11.9 Å². The van der Waals surface area contributed by atoms with Crippen molar-refractivity contribution in [1.29, 1.82) is 0 Å². The normalized spacial score (nSPS) is 22.8. The number of nitrogens with one attached hydrogen (secondary N) is 1. The summed E-state index contributed by atoms with van der Waals surface area (Å²) in [4.78, 5) is 13.2. The standard InChI is InChI=1S/C8H17N3O3S/c1-15(13,14)6-8(12)11-3-2-10-5-7(11)4-9/h7,10H,2-6,9H2,1H3. The lowest BCUT2D eigenvalue weighted by Gasteiger charge is -2.35. The molecule has 1 aliphatic rings. The Morgan fingerprint density at radius 1 is 1.60 bits per heavy atom. The van der Waals surface area contributed by atoms with Gasteiger partial charge in [-0.15, -0.1) is 0 Å². The maximum absolute atomic E-state index is 11.6. The summed E-state index contributed by atoms with van der Waals surface area (Å²) in [5.74, 6) is -0.779. The third kappa shape index (κ3) is 3.77. The summed E-state index contributed by atoms with van der Waals surface area (Å²) in [5, 5.41) is 3.11. The van der Waals surface area contributed by atoms with Crippen LogP contribution in [-0.4, -0.2) is 63.5 Å². The number of amides is 1. The Morgan fingerprint density at radius 2 is 2.27 bits per heavy atom. The van der Waals surface area contributed by atoms with Crippen LogP contribution in [0.25, 0.3) is 0 Å². The summed E-state index contributed by atoms with van der Waals surface area (Å²) in [6, 6.07) is -0.0898. The molecule has 0 radical (unpaired) electrons. The van der Waals surface area contributed by atoms with Crippen LogP contribution in [0.5, 0.6) is 0 Å². The quantitative estimate of drug-likeness (QED) is 0.578. The molecule has 0 aromatic rings. The molecule has 1 atom stereocenters. The van der Waals surface area contributed by atoms with Crippen LogP contribution in [0.1, 0.15) is 0 Å². The van der Waals surface area contributed by atoms with E-state index in [0.29, 0.717) is 26.2 Å². The van der Waals surface area contributed by atoms with Crippen molar-refractivity contribution in [3.8, 4) is 0 Å². The van der Waals surface area contributed by atoms with Crippen molar-refractivity contribution in [2.45, 2.75) is 6.04 Å². The van der Waals surface area contributed by atoms with Gasteiger partial charge in [-0.25, -0.2) is 8.42 Å². The van der Waals surface area contributed by atoms with Gasteiger partial charge in [0.1, 0.15) is 5.75 Å². The van der Waals surface area contributed by atoms with Gasteiger partial charge in [0, 0.05) is 32.4 Å². The minimum absolute atomic E-state index is 0.0898. The van der Waals surface area contributed by atoms with Crippen LogP contribution in [0.3, 0.4) is 0 Å². The number of carbonyl (C=O) groups is 1. The fourth-order valence-corrected chi connectivity index (χ4v) is 2.22. The van der Waals surface area contributed by atoms with E-state index >= 15 is 0 Å². The SMILES string of the molecule is CS(=O)(=O)CC(=O)N1CCNCC1CN. The molecule has 7 heteroatoms. The molecule has 1 aliphatic heterocycles. The average molecular weight is 235 g/mol. The second-order valence-electron chi connectivity index (χ2n) is 3.75. The van der Waals surface area contributed by atoms with Gasteiger partial charge in [0.25, 0.3) is 0 Å². The summed E-state index contributed by atoms with van der Waals surface area (Å²) in [7, 11) is -3.26. The molecule has 1 rings (SSSR count). The van der Waals surface area contributed by atoms with Crippen molar-refractivity contribution in [3.05, 3.63) is 0 Å². The maximum Gasteiger partial charge on any atom is 0.238 e. The lowest BCUT2D eigenvalue weighted by Crippen LogP contribution is -2.57. The van der Waals surface area contributed by atoms with Gasteiger partial charge in [-0.2, -0.15) is 0 Å². The molecule has 1 unspecified atom stereocenters. The highest BCUT2D eigenvalue weighted by Gasteiger charge is 2.27. The number of piperazine rings is 1. The Kier molecular flexibility index (Phi) is 4.06. The zero-order valence-corrected chi connectivity index (χ0v) is 9.59. The van der Waals surface area contributed by atoms with Gasteiger partial charge in [-0.1, -0.05) is 0 Å². The number of hydrogen-bond acceptors (Lipinski definition) is 5. The van der Waals surface area contributed by atoms with Crippen LogP contribution in [0, 0.1) is 0 Å². The lowest BCUT2D eigenvalue weighted by molar-refractivity contribution is -0.131. The highest BCUT2D eigenvalue weighted by molar-refractivity contribution is 7.91. The topological polar surface area (TPSA) is 92.5 Å². The predicted molar refractivity (Wildman–Crippen MR) is 57.1 cm³/mol. The van der Waals surface area contributed by atoms with E-state index in [0.717, 1.165) is 6.26 Å². The first kappa shape index (κ1) is 12.4. The Balaban J connectivity index is 2.64. The van der Waals surface area contributed by atoms with Crippen LogP contribution in [0.15, 0.2) is 0 Å². The smallest absolute Gasteiger partial charge is 0.238 e.